The summed E-state index contributed by atoms with van der Waals surface area (Å²) in [7, 11) is 0. The molecule has 0 saturated carbocycles. The molecule has 0 aliphatic carbocycles. The van der Waals surface area contributed by atoms with Crippen molar-refractivity contribution in [2.24, 2.45) is 0 Å². The Morgan fingerprint density at radius 2 is 1.76 bits per heavy atom. The van der Waals surface area contributed by atoms with Gasteiger partial charge in [0, 0.05) is 21.7 Å². The highest BCUT2D eigenvalue weighted by Crippen LogP contribution is 2.33. The highest BCUT2D eigenvalue weighted by Gasteiger charge is 2.09. The molecule has 0 nitrogen and oxygen atoms in total. The van der Waals surface area contributed by atoms with Crippen molar-refractivity contribution in [3.63, 3.8) is 0 Å². The number of thiophene rings is 1. The van der Waals surface area contributed by atoms with Gasteiger partial charge in [-0.15, -0.1) is 11.3 Å². The number of hydrogen-bond acceptors (Lipinski definition) is 1. The fourth-order valence-corrected chi connectivity index (χ4v) is 2.75. The summed E-state index contributed by atoms with van der Waals surface area (Å²) in [5.41, 5.74) is 1.25. The van der Waals surface area contributed by atoms with Crippen molar-refractivity contribution in [1.82, 2.24) is 0 Å². The molecule has 1 aromatic heterocycles. The Kier molecular flexibility index (Phi) is 2.41. The molecule has 0 N–H and O–H groups in total. The molecular weight excluding hydrogens is 238 g/mol. The van der Waals surface area contributed by atoms with E-state index >= 15 is 0 Å². The van der Waals surface area contributed by atoms with Gasteiger partial charge < -0.3 is 0 Å². The zero-order valence-corrected chi connectivity index (χ0v) is 9.60. The first-order chi connectivity index (χ1) is 8.25. The number of fused-ring (bicyclic) bond motifs is 1. The van der Waals surface area contributed by atoms with Crippen LogP contribution in [0.5, 0.6) is 0 Å². The van der Waals surface area contributed by atoms with E-state index in [1.165, 1.54) is 12.1 Å². The van der Waals surface area contributed by atoms with Gasteiger partial charge in [0.05, 0.1) is 0 Å². The first kappa shape index (κ1) is 10.4. The van der Waals surface area contributed by atoms with Crippen molar-refractivity contribution in [2.75, 3.05) is 0 Å². The molecule has 0 spiro atoms. The van der Waals surface area contributed by atoms with Crippen molar-refractivity contribution in [1.29, 1.82) is 0 Å². The highest BCUT2D eigenvalue weighted by atomic mass is 32.1. The van der Waals surface area contributed by atoms with E-state index in [4.69, 9.17) is 0 Å². The first-order valence-corrected chi connectivity index (χ1v) is 6.05. The molecule has 0 aliphatic rings. The summed E-state index contributed by atoms with van der Waals surface area (Å²) in [6.45, 7) is 0. The average Bonchev–Trinajstić information content (AvgIpc) is 2.77. The lowest BCUT2D eigenvalue weighted by Gasteiger charge is -2.05. The van der Waals surface area contributed by atoms with E-state index in [1.807, 2.05) is 29.6 Å². The standard InChI is InChI=1S/C14H8F2S/c15-9-4-5-11(13(16)8-9)10-2-1-3-14-12(10)6-7-17-14/h1-8H. The number of benzene rings is 2. The third kappa shape index (κ3) is 1.72. The molecule has 1 heterocycles. The summed E-state index contributed by atoms with van der Waals surface area (Å²) in [5.74, 6) is -1.08. The smallest absolute Gasteiger partial charge is 0.133 e. The first-order valence-electron chi connectivity index (χ1n) is 5.17. The molecule has 0 bridgehead atoms. The van der Waals surface area contributed by atoms with Gasteiger partial charge in [0.2, 0.25) is 0 Å². The summed E-state index contributed by atoms with van der Waals surface area (Å²) in [4.78, 5) is 0. The Labute approximate surface area is 101 Å². The van der Waals surface area contributed by atoms with Crippen LogP contribution in [0.1, 0.15) is 0 Å². The summed E-state index contributed by atoms with van der Waals surface area (Å²) >= 11 is 1.61. The Balaban J connectivity index is 2.30. The van der Waals surface area contributed by atoms with Gasteiger partial charge in [-0.3, -0.25) is 0 Å². The second kappa shape index (κ2) is 3.93. The molecule has 84 valence electrons. The maximum atomic E-state index is 13.7. The lowest BCUT2D eigenvalue weighted by Crippen LogP contribution is -1.86. The quantitative estimate of drug-likeness (QED) is 0.576. The largest absolute Gasteiger partial charge is 0.207 e. The van der Waals surface area contributed by atoms with E-state index < -0.39 is 11.6 Å². The van der Waals surface area contributed by atoms with Crippen LogP contribution in [0.2, 0.25) is 0 Å². The summed E-state index contributed by atoms with van der Waals surface area (Å²) in [6.07, 6.45) is 0. The van der Waals surface area contributed by atoms with E-state index in [0.717, 1.165) is 21.7 Å². The molecule has 0 aliphatic heterocycles. The topological polar surface area (TPSA) is 0 Å². The van der Waals surface area contributed by atoms with Gasteiger partial charge in [-0.25, -0.2) is 8.78 Å². The SMILES string of the molecule is Fc1ccc(-c2cccc3sccc23)c(F)c1. The van der Waals surface area contributed by atoms with E-state index in [1.54, 1.807) is 11.3 Å². The molecule has 0 unspecified atom stereocenters. The van der Waals surface area contributed by atoms with Crippen molar-refractivity contribution in [3.05, 3.63) is 59.5 Å². The van der Waals surface area contributed by atoms with Crippen LogP contribution in [0.4, 0.5) is 8.78 Å². The predicted octanol–water partition coefficient (Wildman–Crippen LogP) is 4.85. The van der Waals surface area contributed by atoms with Crippen LogP contribution in [0.25, 0.3) is 21.2 Å². The zero-order valence-electron chi connectivity index (χ0n) is 8.78. The second-order valence-electron chi connectivity index (χ2n) is 3.76. The van der Waals surface area contributed by atoms with Crippen LogP contribution in [0.15, 0.2) is 47.8 Å². The monoisotopic (exact) mass is 246 g/mol. The maximum absolute atomic E-state index is 13.7. The summed E-state index contributed by atoms with van der Waals surface area (Å²) in [5, 5.41) is 2.97. The minimum atomic E-state index is -0.552. The molecule has 0 radical (unpaired) electrons. The van der Waals surface area contributed by atoms with Crippen molar-refractivity contribution in [3.8, 4) is 11.1 Å². The molecule has 3 heteroatoms. The van der Waals surface area contributed by atoms with Gasteiger partial charge in [0.1, 0.15) is 11.6 Å². The average molecular weight is 246 g/mol. The van der Waals surface area contributed by atoms with Gasteiger partial charge >= 0.3 is 0 Å². The van der Waals surface area contributed by atoms with E-state index in [-0.39, 0.29) is 0 Å². The highest BCUT2D eigenvalue weighted by molar-refractivity contribution is 7.17. The van der Waals surface area contributed by atoms with E-state index in [2.05, 4.69) is 0 Å². The van der Waals surface area contributed by atoms with Crippen LogP contribution >= 0.6 is 11.3 Å². The molecule has 0 saturated heterocycles. The number of hydrogen-bond donors (Lipinski definition) is 0. The summed E-state index contributed by atoms with van der Waals surface area (Å²) < 4.78 is 27.7. The van der Waals surface area contributed by atoms with Crippen LogP contribution in [0, 0.1) is 11.6 Å². The second-order valence-corrected chi connectivity index (χ2v) is 4.71. The third-order valence-electron chi connectivity index (χ3n) is 2.72. The van der Waals surface area contributed by atoms with Crippen LogP contribution in [-0.2, 0) is 0 Å². The van der Waals surface area contributed by atoms with Crippen molar-refractivity contribution < 1.29 is 8.78 Å². The Hall–Kier alpha value is -1.74. The molecular formula is C14H8F2S. The van der Waals surface area contributed by atoms with Crippen molar-refractivity contribution in [2.45, 2.75) is 0 Å². The Morgan fingerprint density at radius 3 is 2.59 bits per heavy atom. The van der Waals surface area contributed by atoms with Gasteiger partial charge in [-0.2, -0.15) is 0 Å². The molecule has 3 rings (SSSR count). The minimum Gasteiger partial charge on any atom is -0.207 e. The van der Waals surface area contributed by atoms with Crippen LogP contribution in [-0.4, -0.2) is 0 Å². The predicted molar refractivity (Wildman–Crippen MR) is 67.2 cm³/mol. The fraction of sp³-hybridized carbons (Fsp3) is 0. The molecule has 0 amide bonds. The normalized spacial score (nSPS) is 10.9. The Morgan fingerprint density at radius 1 is 0.882 bits per heavy atom. The van der Waals surface area contributed by atoms with E-state index in [0.29, 0.717) is 5.56 Å². The van der Waals surface area contributed by atoms with Gasteiger partial charge in [-0.05, 0) is 35.2 Å². The molecule has 0 atom stereocenters. The Bertz CT molecular complexity index is 686. The molecule has 2 aromatic carbocycles. The fourth-order valence-electron chi connectivity index (χ4n) is 1.94. The van der Waals surface area contributed by atoms with Gasteiger partial charge in [0.25, 0.3) is 0 Å². The van der Waals surface area contributed by atoms with Crippen LogP contribution < -0.4 is 0 Å². The lowest BCUT2D eigenvalue weighted by atomic mass is 10.0. The van der Waals surface area contributed by atoms with Gasteiger partial charge in [0.15, 0.2) is 0 Å². The number of rotatable bonds is 1. The van der Waals surface area contributed by atoms with Crippen LogP contribution in [0.3, 0.4) is 0 Å². The van der Waals surface area contributed by atoms with Crippen molar-refractivity contribution >= 4 is 21.4 Å². The lowest BCUT2D eigenvalue weighted by molar-refractivity contribution is 0.585. The minimum absolute atomic E-state index is 0.440. The molecule has 0 fully saturated rings. The zero-order chi connectivity index (χ0) is 11.8. The summed E-state index contributed by atoms with van der Waals surface area (Å²) in [6, 6.07) is 11.4. The molecule has 17 heavy (non-hydrogen) atoms. The van der Waals surface area contributed by atoms with Gasteiger partial charge in [-0.1, -0.05) is 12.1 Å². The number of halogens is 2. The third-order valence-corrected chi connectivity index (χ3v) is 3.60. The molecule has 3 aromatic rings. The van der Waals surface area contributed by atoms with E-state index in [9.17, 15) is 8.78 Å². The maximum Gasteiger partial charge on any atom is 0.133 e.